The number of aryl methyl sites for hydroxylation is 1. The van der Waals surface area contributed by atoms with Gasteiger partial charge in [0.05, 0.1) is 37.3 Å². The van der Waals surface area contributed by atoms with Crippen LogP contribution in [-0.2, 0) is 26.0 Å². The molecule has 9 nitrogen and oxygen atoms in total. The molecule has 0 amide bonds. The average molecular weight is 393 g/mol. The summed E-state index contributed by atoms with van der Waals surface area (Å²) in [6, 6.07) is 9.84. The van der Waals surface area contributed by atoms with Gasteiger partial charge in [0, 0.05) is 38.2 Å². The first-order chi connectivity index (χ1) is 13.9. The summed E-state index contributed by atoms with van der Waals surface area (Å²) in [5.74, 6) is -3.31. The summed E-state index contributed by atoms with van der Waals surface area (Å²) in [6.07, 6.45) is 1.76. The van der Waals surface area contributed by atoms with Crippen LogP contribution in [0.15, 0.2) is 18.3 Å². The number of hydrogen-bond acceptors (Lipinski definition) is 8. The van der Waals surface area contributed by atoms with Crippen molar-refractivity contribution in [3.8, 4) is 18.2 Å². The van der Waals surface area contributed by atoms with E-state index in [1.807, 2.05) is 0 Å². The van der Waals surface area contributed by atoms with E-state index in [0.717, 1.165) is 0 Å². The van der Waals surface area contributed by atoms with Crippen LogP contribution in [0.5, 0.6) is 0 Å². The fourth-order valence-electron chi connectivity index (χ4n) is 5.56. The molecule has 4 fully saturated rings. The van der Waals surface area contributed by atoms with Gasteiger partial charge < -0.3 is 23.5 Å². The zero-order chi connectivity index (χ0) is 20.5. The van der Waals surface area contributed by atoms with Crippen molar-refractivity contribution in [2.75, 3.05) is 13.2 Å². The summed E-state index contributed by atoms with van der Waals surface area (Å²) in [5, 5.41) is 39.5. The number of hydrogen-bond donors (Lipinski definition) is 1. The zero-order valence-electron chi connectivity index (χ0n) is 15.8. The van der Waals surface area contributed by atoms with Gasteiger partial charge in [-0.05, 0) is 12.1 Å². The summed E-state index contributed by atoms with van der Waals surface area (Å²) in [5.41, 5.74) is -3.18. The highest BCUT2D eigenvalue weighted by Gasteiger charge is 2.82. The Balaban J connectivity index is 1.74. The second kappa shape index (κ2) is 5.58. The van der Waals surface area contributed by atoms with Crippen molar-refractivity contribution < 1.29 is 18.9 Å². The molecule has 4 aliphatic rings. The third kappa shape index (κ3) is 1.89. The van der Waals surface area contributed by atoms with Crippen LogP contribution in [0.2, 0.25) is 0 Å². The average Bonchev–Trinajstić information content (AvgIpc) is 3.40. The van der Waals surface area contributed by atoms with Crippen LogP contribution in [0.3, 0.4) is 0 Å². The molecule has 4 unspecified atom stereocenters. The Morgan fingerprint density at radius 3 is 2.45 bits per heavy atom. The standard InChI is InChI=1S/C20H19N5O4/c1-25-6-2-3-13(25)15-17(10-21,11-22)19(12-23)14-9-18(26-7-8-27-18)4-5-20(14,28-15)29-16(19)24/h2-3,6,14-15,24H,4-5,7-9H2,1H3. The van der Waals surface area contributed by atoms with E-state index in [9.17, 15) is 15.8 Å². The van der Waals surface area contributed by atoms with E-state index in [-0.39, 0.29) is 12.3 Å². The number of aromatic nitrogens is 1. The second-order valence-corrected chi connectivity index (χ2v) is 8.10. The first kappa shape index (κ1) is 18.1. The normalized spacial score (nSPS) is 38.5. The molecule has 0 aromatic carbocycles. The van der Waals surface area contributed by atoms with Crippen LogP contribution < -0.4 is 0 Å². The van der Waals surface area contributed by atoms with Gasteiger partial charge in [0.15, 0.2) is 11.2 Å². The molecule has 148 valence electrons. The van der Waals surface area contributed by atoms with E-state index in [2.05, 4.69) is 18.2 Å². The van der Waals surface area contributed by atoms with Gasteiger partial charge in [0.25, 0.3) is 0 Å². The van der Waals surface area contributed by atoms with E-state index in [1.54, 1.807) is 29.9 Å². The molecule has 0 radical (unpaired) electrons. The molecule has 4 atom stereocenters. The summed E-state index contributed by atoms with van der Waals surface area (Å²) in [4.78, 5) is 0. The van der Waals surface area contributed by atoms with Crippen LogP contribution in [-0.4, -0.2) is 35.3 Å². The summed E-state index contributed by atoms with van der Waals surface area (Å²) >= 11 is 0. The van der Waals surface area contributed by atoms with Gasteiger partial charge in [-0.2, -0.15) is 15.8 Å². The quantitative estimate of drug-likeness (QED) is 0.769. The van der Waals surface area contributed by atoms with Gasteiger partial charge in [-0.1, -0.05) is 0 Å². The molecule has 1 aromatic rings. The lowest BCUT2D eigenvalue weighted by atomic mass is 9.51. The number of rotatable bonds is 1. The Morgan fingerprint density at radius 2 is 1.86 bits per heavy atom. The fraction of sp³-hybridized carbons (Fsp3) is 0.600. The molecule has 2 bridgehead atoms. The minimum absolute atomic E-state index is 0.216. The van der Waals surface area contributed by atoms with Crippen molar-refractivity contribution in [2.24, 2.45) is 23.8 Å². The Kier molecular flexibility index (Phi) is 3.49. The number of nitrogens with one attached hydrogen (secondary N) is 1. The van der Waals surface area contributed by atoms with Crippen molar-refractivity contribution >= 4 is 5.90 Å². The van der Waals surface area contributed by atoms with Crippen molar-refractivity contribution in [3.63, 3.8) is 0 Å². The van der Waals surface area contributed by atoms with Crippen molar-refractivity contribution in [2.45, 2.75) is 36.9 Å². The maximum Gasteiger partial charge on any atom is 0.218 e. The highest BCUT2D eigenvalue weighted by molar-refractivity contribution is 5.89. The Hall–Kier alpha value is -2.90. The minimum atomic E-state index is -1.97. The topological polar surface area (TPSA) is 137 Å². The van der Waals surface area contributed by atoms with Crippen LogP contribution >= 0.6 is 0 Å². The summed E-state index contributed by atoms with van der Waals surface area (Å²) < 4.78 is 25.8. The predicted octanol–water partition coefficient (Wildman–Crippen LogP) is 1.89. The molecule has 4 heterocycles. The molecule has 3 saturated heterocycles. The third-order valence-corrected chi connectivity index (χ3v) is 6.98. The molecule has 1 spiro atoms. The van der Waals surface area contributed by atoms with Crippen LogP contribution in [0, 0.1) is 56.2 Å². The highest BCUT2D eigenvalue weighted by atomic mass is 16.7. The van der Waals surface area contributed by atoms with Gasteiger partial charge in [0.2, 0.25) is 17.1 Å². The van der Waals surface area contributed by atoms with Crippen molar-refractivity contribution in [3.05, 3.63) is 24.0 Å². The summed E-state index contributed by atoms with van der Waals surface area (Å²) in [6.45, 7) is 0.873. The molecule has 1 aliphatic carbocycles. The fourth-order valence-corrected chi connectivity index (χ4v) is 5.56. The van der Waals surface area contributed by atoms with Crippen LogP contribution in [0.25, 0.3) is 0 Å². The Labute approximate surface area is 167 Å². The number of nitrogens with zero attached hydrogens (tertiary/aromatic N) is 4. The molecule has 1 saturated carbocycles. The number of ether oxygens (including phenoxy) is 4. The van der Waals surface area contributed by atoms with E-state index in [4.69, 9.17) is 24.4 Å². The molecule has 29 heavy (non-hydrogen) atoms. The molecule has 9 heteroatoms. The van der Waals surface area contributed by atoms with E-state index >= 15 is 0 Å². The predicted molar refractivity (Wildman–Crippen MR) is 94.5 cm³/mol. The molecule has 5 rings (SSSR count). The Bertz CT molecular complexity index is 1010. The highest BCUT2D eigenvalue weighted by Crippen LogP contribution is 2.70. The maximum absolute atomic E-state index is 10.4. The van der Waals surface area contributed by atoms with Gasteiger partial charge in [0.1, 0.15) is 6.10 Å². The first-order valence-corrected chi connectivity index (χ1v) is 9.51. The second-order valence-electron chi connectivity index (χ2n) is 8.10. The van der Waals surface area contributed by atoms with Crippen molar-refractivity contribution in [1.82, 2.24) is 4.57 Å². The maximum atomic E-state index is 10.4. The minimum Gasteiger partial charge on any atom is -0.447 e. The SMILES string of the molecule is Cn1cccc1C1OC23CCC4(CC2C(C#N)(C(=N)O3)C1(C#N)C#N)OCCO4. The lowest BCUT2D eigenvalue weighted by Gasteiger charge is -2.54. The van der Waals surface area contributed by atoms with E-state index < -0.39 is 34.4 Å². The molecule has 3 aliphatic heterocycles. The van der Waals surface area contributed by atoms with Crippen LogP contribution in [0.4, 0.5) is 0 Å². The smallest absolute Gasteiger partial charge is 0.218 e. The van der Waals surface area contributed by atoms with Gasteiger partial charge in [-0.25, -0.2) is 0 Å². The van der Waals surface area contributed by atoms with E-state index in [0.29, 0.717) is 31.7 Å². The summed E-state index contributed by atoms with van der Waals surface area (Å²) in [7, 11) is 1.78. The molecular formula is C20H19N5O4. The largest absolute Gasteiger partial charge is 0.447 e. The Morgan fingerprint density at radius 1 is 1.14 bits per heavy atom. The van der Waals surface area contributed by atoms with E-state index in [1.165, 1.54) is 0 Å². The third-order valence-electron chi connectivity index (χ3n) is 6.98. The van der Waals surface area contributed by atoms with Crippen molar-refractivity contribution in [1.29, 1.82) is 21.2 Å². The lowest BCUT2D eigenvalue weighted by molar-refractivity contribution is -0.331. The van der Waals surface area contributed by atoms with Gasteiger partial charge in [-0.15, -0.1) is 0 Å². The van der Waals surface area contributed by atoms with Gasteiger partial charge >= 0.3 is 0 Å². The van der Waals surface area contributed by atoms with Gasteiger partial charge in [-0.3, -0.25) is 5.41 Å². The molecule has 1 N–H and O–H groups in total. The lowest BCUT2D eigenvalue weighted by Crippen LogP contribution is -2.63. The zero-order valence-corrected chi connectivity index (χ0v) is 15.8. The molecule has 1 aromatic heterocycles. The molecular weight excluding hydrogens is 374 g/mol. The monoisotopic (exact) mass is 393 g/mol. The van der Waals surface area contributed by atoms with Crippen LogP contribution in [0.1, 0.15) is 31.1 Å². The number of nitriles is 3. The first-order valence-electron chi connectivity index (χ1n) is 9.51.